The first-order valence-electron chi connectivity index (χ1n) is 4.23. The summed E-state index contributed by atoms with van der Waals surface area (Å²) in [7, 11) is 0. The van der Waals surface area contributed by atoms with E-state index in [2.05, 4.69) is 10.5 Å². The molecule has 0 aliphatic heterocycles. The monoisotopic (exact) mass is 190 g/mol. The van der Waals surface area contributed by atoms with Crippen LogP contribution in [0, 0.1) is 6.92 Å². The molecule has 0 aliphatic rings. The molecule has 0 radical (unpaired) electrons. The van der Waals surface area contributed by atoms with Crippen molar-refractivity contribution in [3.63, 3.8) is 0 Å². The quantitative estimate of drug-likeness (QED) is 0.714. The van der Waals surface area contributed by atoms with E-state index in [4.69, 9.17) is 4.52 Å². The van der Waals surface area contributed by atoms with Crippen molar-refractivity contribution in [2.75, 3.05) is 5.32 Å². The van der Waals surface area contributed by atoms with Crippen LogP contribution in [0.1, 0.15) is 5.76 Å². The van der Waals surface area contributed by atoms with Gasteiger partial charge in [0.2, 0.25) is 0 Å². The van der Waals surface area contributed by atoms with Crippen LogP contribution in [-0.4, -0.2) is 10.3 Å². The number of phenols is 1. The zero-order chi connectivity index (χ0) is 9.97. The average molecular weight is 190 g/mol. The molecule has 4 heteroatoms. The van der Waals surface area contributed by atoms with E-state index in [0.717, 1.165) is 5.69 Å². The fraction of sp³-hybridized carbons (Fsp3) is 0.100. The van der Waals surface area contributed by atoms with Gasteiger partial charge in [-0.2, -0.15) is 0 Å². The summed E-state index contributed by atoms with van der Waals surface area (Å²) in [6, 6.07) is 7.00. The zero-order valence-electron chi connectivity index (χ0n) is 7.69. The van der Waals surface area contributed by atoms with Crippen molar-refractivity contribution in [2.45, 2.75) is 6.92 Å². The summed E-state index contributed by atoms with van der Waals surface area (Å²) in [5.41, 5.74) is 1.39. The van der Waals surface area contributed by atoms with Crippen molar-refractivity contribution in [1.82, 2.24) is 5.16 Å². The first-order valence-corrected chi connectivity index (χ1v) is 4.23. The number of nitrogens with one attached hydrogen (secondary N) is 1. The molecule has 0 unspecified atom stereocenters. The van der Waals surface area contributed by atoms with E-state index in [-0.39, 0.29) is 5.75 Å². The Bertz CT molecular complexity index is 437. The standard InChI is InChI=1S/C10H10N2O2/c1-7-9(6-11-14-7)12-8-4-2-3-5-10(8)13/h2-6,12-13H,1H3. The lowest BCUT2D eigenvalue weighted by Gasteiger charge is -2.05. The van der Waals surface area contributed by atoms with Gasteiger partial charge in [-0.05, 0) is 19.1 Å². The van der Waals surface area contributed by atoms with E-state index >= 15 is 0 Å². The van der Waals surface area contributed by atoms with Gasteiger partial charge in [0, 0.05) is 0 Å². The molecule has 72 valence electrons. The molecular weight excluding hydrogens is 180 g/mol. The Morgan fingerprint density at radius 1 is 1.29 bits per heavy atom. The minimum absolute atomic E-state index is 0.202. The molecule has 14 heavy (non-hydrogen) atoms. The molecule has 2 aromatic rings. The van der Waals surface area contributed by atoms with Gasteiger partial charge in [0.05, 0.1) is 11.9 Å². The van der Waals surface area contributed by atoms with Crippen LogP contribution in [0.3, 0.4) is 0 Å². The van der Waals surface area contributed by atoms with E-state index in [1.807, 2.05) is 6.07 Å². The molecule has 0 saturated heterocycles. The first-order chi connectivity index (χ1) is 6.77. The molecule has 0 saturated carbocycles. The first kappa shape index (κ1) is 8.62. The summed E-state index contributed by atoms with van der Waals surface area (Å²) in [6.45, 7) is 1.80. The zero-order valence-corrected chi connectivity index (χ0v) is 7.69. The Balaban J connectivity index is 2.28. The van der Waals surface area contributed by atoms with Gasteiger partial charge >= 0.3 is 0 Å². The third kappa shape index (κ3) is 1.54. The number of hydrogen-bond acceptors (Lipinski definition) is 4. The molecule has 0 atom stereocenters. The van der Waals surface area contributed by atoms with Crippen LogP contribution < -0.4 is 5.32 Å². The Morgan fingerprint density at radius 3 is 2.71 bits per heavy atom. The second kappa shape index (κ2) is 3.41. The highest BCUT2D eigenvalue weighted by Gasteiger charge is 2.04. The van der Waals surface area contributed by atoms with Gasteiger partial charge in [0.1, 0.15) is 11.4 Å². The van der Waals surface area contributed by atoms with Crippen LogP contribution in [0.25, 0.3) is 0 Å². The molecular formula is C10H10N2O2. The van der Waals surface area contributed by atoms with Crippen LogP contribution in [0.2, 0.25) is 0 Å². The molecule has 1 aromatic heterocycles. The summed E-state index contributed by atoms with van der Waals surface area (Å²) in [4.78, 5) is 0. The van der Waals surface area contributed by atoms with Crippen molar-refractivity contribution < 1.29 is 9.63 Å². The number of aromatic hydroxyl groups is 1. The number of rotatable bonds is 2. The number of anilines is 2. The topological polar surface area (TPSA) is 58.3 Å². The van der Waals surface area contributed by atoms with Gasteiger partial charge in [-0.1, -0.05) is 17.3 Å². The Labute approximate surface area is 81.2 Å². The lowest BCUT2D eigenvalue weighted by atomic mass is 10.3. The van der Waals surface area contributed by atoms with Crippen LogP contribution >= 0.6 is 0 Å². The number of phenolic OH excluding ortho intramolecular Hbond substituents is 1. The minimum Gasteiger partial charge on any atom is -0.506 e. The fourth-order valence-electron chi connectivity index (χ4n) is 1.14. The van der Waals surface area contributed by atoms with Crippen LogP contribution in [0.4, 0.5) is 11.4 Å². The van der Waals surface area contributed by atoms with Crippen molar-refractivity contribution in [2.24, 2.45) is 0 Å². The van der Waals surface area contributed by atoms with E-state index < -0.39 is 0 Å². The normalized spacial score (nSPS) is 10.1. The summed E-state index contributed by atoms with van der Waals surface area (Å²) >= 11 is 0. The van der Waals surface area contributed by atoms with Crippen molar-refractivity contribution >= 4 is 11.4 Å². The van der Waals surface area contributed by atoms with Gasteiger partial charge in [-0.25, -0.2) is 0 Å². The average Bonchev–Trinajstić information content (AvgIpc) is 2.56. The van der Waals surface area contributed by atoms with Crippen molar-refractivity contribution in [3.05, 3.63) is 36.2 Å². The largest absolute Gasteiger partial charge is 0.506 e. The lowest BCUT2D eigenvalue weighted by molar-refractivity contribution is 0.398. The highest BCUT2D eigenvalue weighted by Crippen LogP contribution is 2.26. The summed E-state index contributed by atoms with van der Waals surface area (Å²) in [6.07, 6.45) is 1.57. The van der Waals surface area contributed by atoms with Gasteiger partial charge in [0.15, 0.2) is 5.76 Å². The molecule has 0 fully saturated rings. The Hall–Kier alpha value is -1.97. The Kier molecular flexibility index (Phi) is 2.10. The number of hydrogen-bond donors (Lipinski definition) is 2. The van der Waals surface area contributed by atoms with Crippen LogP contribution in [-0.2, 0) is 0 Å². The number of nitrogens with zero attached hydrogens (tertiary/aromatic N) is 1. The van der Waals surface area contributed by atoms with E-state index in [1.54, 1.807) is 31.3 Å². The van der Waals surface area contributed by atoms with Gasteiger partial charge in [-0.3, -0.25) is 0 Å². The maximum absolute atomic E-state index is 9.49. The lowest BCUT2D eigenvalue weighted by Crippen LogP contribution is -1.89. The predicted molar refractivity (Wildman–Crippen MR) is 52.6 cm³/mol. The molecule has 0 bridgehead atoms. The van der Waals surface area contributed by atoms with Crippen LogP contribution in [0.5, 0.6) is 5.75 Å². The molecule has 1 aromatic carbocycles. The second-order valence-corrected chi connectivity index (χ2v) is 2.94. The number of benzene rings is 1. The molecule has 2 rings (SSSR count). The molecule has 0 spiro atoms. The number of aromatic nitrogens is 1. The SMILES string of the molecule is Cc1oncc1Nc1ccccc1O. The van der Waals surface area contributed by atoms with Crippen molar-refractivity contribution in [1.29, 1.82) is 0 Å². The minimum atomic E-state index is 0.202. The summed E-state index contributed by atoms with van der Waals surface area (Å²) < 4.78 is 4.88. The van der Waals surface area contributed by atoms with E-state index in [9.17, 15) is 5.11 Å². The third-order valence-electron chi connectivity index (χ3n) is 1.92. The number of para-hydroxylation sites is 2. The maximum atomic E-state index is 9.49. The van der Waals surface area contributed by atoms with Crippen LogP contribution in [0.15, 0.2) is 35.0 Å². The predicted octanol–water partition coefficient (Wildman–Crippen LogP) is 2.43. The maximum Gasteiger partial charge on any atom is 0.157 e. The molecule has 0 amide bonds. The molecule has 0 aliphatic carbocycles. The van der Waals surface area contributed by atoms with Gasteiger partial charge in [-0.15, -0.1) is 0 Å². The van der Waals surface area contributed by atoms with Gasteiger partial charge < -0.3 is 14.9 Å². The fourth-order valence-corrected chi connectivity index (χ4v) is 1.14. The summed E-state index contributed by atoms with van der Waals surface area (Å²) in [5.74, 6) is 0.890. The highest BCUT2D eigenvalue weighted by molar-refractivity contribution is 5.65. The van der Waals surface area contributed by atoms with Crippen molar-refractivity contribution in [3.8, 4) is 5.75 Å². The summed E-state index contributed by atoms with van der Waals surface area (Å²) in [5, 5.41) is 16.1. The second-order valence-electron chi connectivity index (χ2n) is 2.94. The third-order valence-corrected chi connectivity index (χ3v) is 1.92. The highest BCUT2D eigenvalue weighted by atomic mass is 16.5. The molecule has 4 nitrogen and oxygen atoms in total. The smallest absolute Gasteiger partial charge is 0.157 e. The van der Waals surface area contributed by atoms with E-state index in [0.29, 0.717) is 11.4 Å². The number of aryl methyl sites for hydroxylation is 1. The Morgan fingerprint density at radius 2 is 2.07 bits per heavy atom. The molecule has 2 N–H and O–H groups in total. The van der Waals surface area contributed by atoms with E-state index in [1.165, 1.54) is 0 Å². The van der Waals surface area contributed by atoms with Gasteiger partial charge in [0.25, 0.3) is 0 Å². The molecule has 1 heterocycles.